The van der Waals surface area contributed by atoms with Gasteiger partial charge in [-0.2, -0.15) is 0 Å². The second-order valence-corrected chi connectivity index (χ2v) is 4.57. The Hall–Kier alpha value is -0.0400. The Bertz CT molecular complexity index is 130. The lowest BCUT2D eigenvalue weighted by Crippen LogP contribution is -2.24. The zero-order chi connectivity index (χ0) is 8.39. The predicted molar refractivity (Wildman–Crippen MR) is 50.1 cm³/mol. The van der Waals surface area contributed by atoms with Gasteiger partial charge in [0.1, 0.15) is 0 Å². The Balaban J connectivity index is 1.80. The van der Waals surface area contributed by atoms with Crippen LogP contribution in [0.25, 0.3) is 0 Å². The van der Waals surface area contributed by atoms with Crippen LogP contribution in [0.1, 0.15) is 45.4 Å². The lowest BCUT2D eigenvalue weighted by atomic mass is 9.79. The molecule has 2 aliphatic rings. The molecule has 0 aromatic rings. The van der Waals surface area contributed by atoms with E-state index in [0.717, 1.165) is 18.4 Å². The molecule has 2 rings (SSSR count). The van der Waals surface area contributed by atoms with Crippen LogP contribution in [0.15, 0.2) is 0 Å². The molecule has 0 radical (unpaired) electrons. The largest absolute Gasteiger partial charge is 0.378 e. The van der Waals surface area contributed by atoms with Gasteiger partial charge in [-0.3, -0.25) is 0 Å². The first-order valence-electron chi connectivity index (χ1n) is 5.48. The first kappa shape index (κ1) is 8.55. The van der Waals surface area contributed by atoms with Gasteiger partial charge in [0.25, 0.3) is 0 Å². The Kier molecular flexibility index (Phi) is 2.69. The Morgan fingerprint density at radius 2 is 1.75 bits per heavy atom. The average Bonchev–Trinajstić information content (AvgIpc) is 2.58. The van der Waals surface area contributed by atoms with Crippen LogP contribution in [0, 0.1) is 11.8 Å². The van der Waals surface area contributed by atoms with Crippen LogP contribution in [0.4, 0.5) is 0 Å². The van der Waals surface area contributed by atoms with Crippen molar-refractivity contribution in [3.63, 3.8) is 0 Å². The molecule has 1 unspecified atom stereocenters. The summed E-state index contributed by atoms with van der Waals surface area (Å²) in [6.45, 7) is 3.41. The molecule has 2 fully saturated rings. The minimum absolute atomic E-state index is 0.637. The third-order valence-electron chi connectivity index (χ3n) is 3.55. The van der Waals surface area contributed by atoms with E-state index in [1.54, 1.807) is 0 Å². The second-order valence-electron chi connectivity index (χ2n) is 4.57. The minimum atomic E-state index is 0.637. The van der Waals surface area contributed by atoms with Crippen molar-refractivity contribution in [2.75, 3.05) is 6.61 Å². The fourth-order valence-electron chi connectivity index (χ4n) is 2.63. The van der Waals surface area contributed by atoms with Gasteiger partial charge in [0.15, 0.2) is 0 Å². The van der Waals surface area contributed by atoms with Gasteiger partial charge < -0.3 is 4.74 Å². The Labute approximate surface area is 75.5 Å². The van der Waals surface area contributed by atoms with E-state index < -0.39 is 0 Å². The van der Waals surface area contributed by atoms with Crippen LogP contribution in [0.2, 0.25) is 0 Å². The van der Waals surface area contributed by atoms with Gasteiger partial charge in [0, 0.05) is 6.61 Å². The molecule has 0 spiro atoms. The van der Waals surface area contributed by atoms with Gasteiger partial charge in [-0.15, -0.1) is 0 Å². The zero-order valence-corrected chi connectivity index (χ0v) is 8.09. The zero-order valence-electron chi connectivity index (χ0n) is 8.09. The molecule has 0 aromatic heterocycles. The summed E-state index contributed by atoms with van der Waals surface area (Å²) in [6.07, 6.45) is 8.99. The van der Waals surface area contributed by atoms with E-state index in [1.807, 2.05) is 0 Å². The van der Waals surface area contributed by atoms with Crippen LogP contribution in [-0.2, 0) is 4.74 Å². The fraction of sp³-hybridized carbons (Fsp3) is 1.00. The molecule has 1 nitrogen and oxygen atoms in total. The average molecular weight is 168 g/mol. The lowest BCUT2D eigenvalue weighted by molar-refractivity contribution is 0.0418. The summed E-state index contributed by atoms with van der Waals surface area (Å²) in [5.41, 5.74) is 0. The van der Waals surface area contributed by atoms with Gasteiger partial charge in [0.2, 0.25) is 0 Å². The first-order chi connectivity index (χ1) is 5.86. The molecule has 1 atom stereocenters. The second kappa shape index (κ2) is 3.78. The summed E-state index contributed by atoms with van der Waals surface area (Å²) in [5, 5.41) is 0. The third kappa shape index (κ3) is 1.82. The molecule has 0 N–H and O–H groups in total. The molecule has 1 aliphatic carbocycles. The maximum absolute atomic E-state index is 5.73. The number of hydrogen-bond donors (Lipinski definition) is 0. The Morgan fingerprint density at radius 1 is 1.00 bits per heavy atom. The number of ether oxygens (including phenoxy) is 1. The van der Waals surface area contributed by atoms with E-state index in [-0.39, 0.29) is 0 Å². The highest BCUT2D eigenvalue weighted by Gasteiger charge is 2.28. The molecule has 1 aliphatic heterocycles. The normalized spacial score (nSPS) is 43.2. The van der Waals surface area contributed by atoms with Crippen LogP contribution in [-0.4, -0.2) is 12.7 Å². The summed E-state index contributed by atoms with van der Waals surface area (Å²) in [4.78, 5) is 0. The quantitative estimate of drug-likeness (QED) is 0.585. The molecule has 0 amide bonds. The Morgan fingerprint density at radius 3 is 2.33 bits per heavy atom. The van der Waals surface area contributed by atoms with Gasteiger partial charge in [0.05, 0.1) is 6.10 Å². The summed E-state index contributed by atoms with van der Waals surface area (Å²) >= 11 is 0. The van der Waals surface area contributed by atoms with E-state index in [4.69, 9.17) is 4.74 Å². The van der Waals surface area contributed by atoms with Crippen LogP contribution in [0.3, 0.4) is 0 Å². The van der Waals surface area contributed by atoms with E-state index in [9.17, 15) is 0 Å². The maximum atomic E-state index is 5.73. The highest BCUT2D eigenvalue weighted by atomic mass is 16.5. The molecule has 1 saturated carbocycles. The summed E-state index contributed by atoms with van der Waals surface area (Å²) in [6, 6.07) is 0. The fourth-order valence-corrected chi connectivity index (χ4v) is 2.63. The van der Waals surface area contributed by atoms with Crippen molar-refractivity contribution in [3.05, 3.63) is 0 Å². The van der Waals surface area contributed by atoms with Gasteiger partial charge in [-0.1, -0.05) is 19.8 Å². The molecule has 0 bridgehead atoms. The van der Waals surface area contributed by atoms with E-state index >= 15 is 0 Å². The highest BCUT2D eigenvalue weighted by molar-refractivity contribution is 4.79. The van der Waals surface area contributed by atoms with Gasteiger partial charge in [-0.25, -0.2) is 0 Å². The highest BCUT2D eigenvalue weighted by Crippen LogP contribution is 2.34. The number of rotatable bonds is 1. The van der Waals surface area contributed by atoms with Crippen molar-refractivity contribution in [2.45, 2.75) is 51.6 Å². The molecule has 1 heterocycles. The van der Waals surface area contributed by atoms with Crippen LogP contribution >= 0.6 is 0 Å². The smallest absolute Gasteiger partial charge is 0.0604 e. The van der Waals surface area contributed by atoms with Crippen molar-refractivity contribution < 1.29 is 4.74 Å². The first-order valence-corrected chi connectivity index (χ1v) is 5.48. The molecular weight excluding hydrogens is 148 g/mol. The molecule has 0 aromatic carbocycles. The summed E-state index contributed by atoms with van der Waals surface area (Å²) < 4.78 is 5.73. The standard InChI is InChI=1S/C11H20O/c1-9-4-6-10(7-5-9)11-3-2-8-12-11/h9-11H,2-8H2,1H3. The molecule has 1 saturated heterocycles. The van der Waals surface area contributed by atoms with E-state index in [2.05, 4.69) is 6.92 Å². The SMILES string of the molecule is CC1CCC(C2CCCO2)CC1. The van der Waals surface area contributed by atoms with E-state index in [1.165, 1.54) is 38.5 Å². The predicted octanol–water partition coefficient (Wildman–Crippen LogP) is 2.99. The van der Waals surface area contributed by atoms with Crippen molar-refractivity contribution >= 4 is 0 Å². The van der Waals surface area contributed by atoms with Crippen molar-refractivity contribution in [1.82, 2.24) is 0 Å². The van der Waals surface area contributed by atoms with Gasteiger partial charge in [-0.05, 0) is 37.5 Å². The van der Waals surface area contributed by atoms with Crippen molar-refractivity contribution in [1.29, 1.82) is 0 Å². The lowest BCUT2D eigenvalue weighted by Gasteiger charge is -2.29. The minimum Gasteiger partial charge on any atom is -0.378 e. The van der Waals surface area contributed by atoms with Crippen LogP contribution < -0.4 is 0 Å². The van der Waals surface area contributed by atoms with Crippen LogP contribution in [0.5, 0.6) is 0 Å². The number of hydrogen-bond acceptors (Lipinski definition) is 1. The maximum Gasteiger partial charge on any atom is 0.0604 e. The monoisotopic (exact) mass is 168 g/mol. The van der Waals surface area contributed by atoms with E-state index in [0.29, 0.717) is 6.10 Å². The third-order valence-corrected chi connectivity index (χ3v) is 3.55. The molecular formula is C11H20O. The summed E-state index contributed by atoms with van der Waals surface area (Å²) in [7, 11) is 0. The molecule has 1 heteroatoms. The van der Waals surface area contributed by atoms with Crippen molar-refractivity contribution in [3.8, 4) is 0 Å². The van der Waals surface area contributed by atoms with Gasteiger partial charge >= 0.3 is 0 Å². The topological polar surface area (TPSA) is 9.23 Å². The molecule has 70 valence electrons. The summed E-state index contributed by atoms with van der Waals surface area (Å²) in [5.74, 6) is 1.88. The molecule has 12 heavy (non-hydrogen) atoms. The van der Waals surface area contributed by atoms with Crippen molar-refractivity contribution in [2.24, 2.45) is 11.8 Å².